The minimum absolute atomic E-state index is 0.257. The average Bonchev–Trinajstić information content (AvgIpc) is 2.37. The van der Waals surface area contributed by atoms with Gasteiger partial charge < -0.3 is 0 Å². The van der Waals surface area contributed by atoms with Gasteiger partial charge in [0.2, 0.25) is 0 Å². The zero-order chi connectivity index (χ0) is 12.1. The summed E-state index contributed by atoms with van der Waals surface area (Å²) in [4.78, 5) is 19.3. The number of rotatable bonds is 4. The molecule has 0 saturated heterocycles. The summed E-state index contributed by atoms with van der Waals surface area (Å²) >= 11 is 1.45. The Morgan fingerprint density at radius 1 is 1.29 bits per heavy atom. The molecule has 1 aromatic heterocycles. The summed E-state index contributed by atoms with van der Waals surface area (Å²) in [6.45, 7) is 0. The van der Waals surface area contributed by atoms with E-state index in [0.29, 0.717) is 23.4 Å². The fourth-order valence-corrected chi connectivity index (χ4v) is 2.02. The molecular weight excluding hydrogens is 239 g/mol. The van der Waals surface area contributed by atoms with Crippen molar-refractivity contribution in [2.75, 3.05) is 0 Å². The quantitative estimate of drug-likeness (QED) is 0.616. The molecule has 0 amide bonds. The molecule has 0 aliphatic rings. The highest BCUT2D eigenvalue weighted by Crippen LogP contribution is 2.21. The Kier molecular flexibility index (Phi) is 3.82. The number of thioether (sulfide) groups is 1. The van der Waals surface area contributed by atoms with E-state index >= 15 is 0 Å². The van der Waals surface area contributed by atoms with Crippen LogP contribution in [0.15, 0.2) is 41.6 Å². The van der Waals surface area contributed by atoms with Crippen LogP contribution in [0.5, 0.6) is 0 Å². The molecule has 0 fully saturated rings. The lowest BCUT2D eigenvalue weighted by atomic mass is 10.4. The summed E-state index contributed by atoms with van der Waals surface area (Å²) in [5.41, 5.74) is 0.449. The first-order valence-corrected chi connectivity index (χ1v) is 5.91. The first-order valence-electron chi connectivity index (χ1n) is 4.92. The summed E-state index contributed by atoms with van der Waals surface area (Å²) in [7, 11) is 0. The molecule has 1 heterocycles. The highest BCUT2D eigenvalue weighted by atomic mass is 32.2. The van der Waals surface area contributed by atoms with Crippen molar-refractivity contribution in [2.45, 2.75) is 10.6 Å². The maximum atomic E-state index is 12.9. The van der Waals surface area contributed by atoms with Gasteiger partial charge in [-0.05, 0) is 18.2 Å². The Labute approximate surface area is 102 Å². The molecule has 86 valence electrons. The van der Waals surface area contributed by atoms with Gasteiger partial charge in [-0.3, -0.25) is 4.79 Å². The molecular formula is C12H9FN2OS. The lowest BCUT2D eigenvalue weighted by Crippen LogP contribution is -1.93. The molecule has 0 saturated carbocycles. The van der Waals surface area contributed by atoms with Crippen LogP contribution >= 0.6 is 11.8 Å². The monoisotopic (exact) mass is 248 g/mol. The summed E-state index contributed by atoms with van der Waals surface area (Å²) in [6, 6.07) is 6.35. The zero-order valence-corrected chi connectivity index (χ0v) is 9.65. The molecule has 2 aromatic rings. The number of aldehydes is 1. The second-order valence-corrected chi connectivity index (χ2v) is 4.35. The molecule has 2 rings (SSSR count). The molecule has 1 aromatic carbocycles. The van der Waals surface area contributed by atoms with Gasteiger partial charge >= 0.3 is 0 Å². The van der Waals surface area contributed by atoms with Gasteiger partial charge in [-0.25, -0.2) is 14.4 Å². The van der Waals surface area contributed by atoms with Crippen molar-refractivity contribution in [3.63, 3.8) is 0 Å². The summed E-state index contributed by atoms with van der Waals surface area (Å²) in [6.07, 6.45) is 3.65. The number of nitrogens with zero attached hydrogens (tertiary/aromatic N) is 2. The number of halogens is 1. The van der Waals surface area contributed by atoms with Crippen LogP contribution in [-0.2, 0) is 5.75 Å². The Balaban J connectivity index is 1.99. The number of benzene rings is 1. The predicted molar refractivity (Wildman–Crippen MR) is 63.4 cm³/mol. The van der Waals surface area contributed by atoms with Crippen LogP contribution in [0.1, 0.15) is 16.2 Å². The van der Waals surface area contributed by atoms with E-state index in [1.54, 1.807) is 6.07 Å². The molecule has 0 aliphatic heterocycles. The van der Waals surface area contributed by atoms with Crippen LogP contribution < -0.4 is 0 Å². The van der Waals surface area contributed by atoms with Crippen molar-refractivity contribution < 1.29 is 9.18 Å². The smallest absolute Gasteiger partial charge is 0.153 e. The SMILES string of the molecule is O=Cc1cnc(CSc2cccc(F)c2)nc1. The Morgan fingerprint density at radius 2 is 2.06 bits per heavy atom. The van der Waals surface area contributed by atoms with Crippen LogP contribution in [-0.4, -0.2) is 16.3 Å². The van der Waals surface area contributed by atoms with Gasteiger partial charge in [-0.15, -0.1) is 11.8 Å². The van der Waals surface area contributed by atoms with Crippen molar-refractivity contribution in [2.24, 2.45) is 0 Å². The van der Waals surface area contributed by atoms with Gasteiger partial charge in [-0.1, -0.05) is 6.07 Å². The first-order chi connectivity index (χ1) is 8.28. The van der Waals surface area contributed by atoms with E-state index in [0.717, 1.165) is 4.90 Å². The topological polar surface area (TPSA) is 42.9 Å². The molecule has 0 spiro atoms. The molecule has 0 bridgehead atoms. The van der Waals surface area contributed by atoms with Gasteiger partial charge in [0.15, 0.2) is 6.29 Å². The molecule has 0 atom stereocenters. The molecule has 0 unspecified atom stereocenters. The third-order valence-electron chi connectivity index (χ3n) is 2.03. The fourth-order valence-electron chi connectivity index (χ4n) is 1.20. The molecule has 3 nitrogen and oxygen atoms in total. The fraction of sp³-hybridized carbons (Fsp3) is 0.0833. The number of carbonyl (C=O) groups is 1. The Morgan fingerprint density at radius 3 is 2.71 bits per heavy atom. The maximum Gasteiger partial charge on any atom is 0.153 e. The zero-order valence-electron chi connectivity index (χ0n) is 8.84. The van der Waals surface area contributed by atoms with Crippen molar-refractivity contribution in [1.82, 2.24) is 9.97 Å². The second kappa shape index (κ2) is 5.54. The van der Waals surface area contributed by atoms with E-state index in [9.17, 15) is 9.18 Å². The highest BCUT2D eigenvalue weighted by molar-refractivity contribution is 7.98. The summed E-state index contributed by atoms with van der Waals surface area (Å²) in [5, 5.41) is 0. The van der Waals surface area contributed by atoms with Crippen molar-refractivity contribution >= 4 is 18.0 Å². The minimum Gasteiger partial charge on any atom is -0.298 e. The molecule has 0 aliphatic carbocycles. The third kappa shape index (κ3) is 3.35. The van der Waals surface area contributed by atoms with Crippen molar-refractivity contribution in [3.05, 3.63) is 53.9 Å². The van der Waals surface area contributed by atoms with Gasteiger partial charge in [0, 0.05) is 17.3 Å². The van der Waals surface area contributed by atoms with Gasteiger partial charge in [0.05, 0.1) is 11.3 Å². The Hall–Kier alpha value is -1.75. The minimum atomic E-state index is -0.257. The van der Waals surface area contributed by atoms with Crippen LogP contribution in [0.25, 0.3) is 0 Å². The van der Waals surface area contributed by atoms with Crippen LogP contribution in [0.2, 0.25) is 0 Å². The van der Waals surface area contributed by atoms with Gasteiger partial charge in [0.25, 0.3) is 0 Å². The van der Waals surface area contributed by atoms with Crippen LogP contribution in [0, 0.1) is 5.82 Å². The Bertz CT molecular complexity index is 516. The molecule has 17 heavy (non-hydrogen) atoms. The van der Waals surface area contributed by atoms with Crippen LogP contribution in [0.4, 0.5) is 4.39 Å². The largest absolute Gasteiger partial charge is 0.298 e. The lowest BCUT2D eigenvalue weighted by molar-refractivity contribution is 0.112. The molecule has 5 heteroatoms. The normalized spacial score (nSPS) is 10.2. The number of carbonyl (C=O) groups excluding carboxylic acids is 1. The van der Waals surface area contributed by atoms with E-state index in [1.165, 1.54) is 36.3 Å². The summed E-state index contributed by atoms with van der Waals surface area (Å²) in [5.74, 6) is 0.903. The number of aromatic nitrogens is 2. The van der Waals surface area contributed by atoms with E-state index in [-0.39, 0.29) is 5.82 Å². The highest BCUT2D eigenvalue weighted by Gasteiger charge is 2.00. The lowest BCUT2D eigenvalue weighted by Gasteiger charge is -2.00. The van der Waals surface area contributed by atoms with E-state index in [4.69, 9.17) is 0 Å². The van der Waals surface area contributed by atoms with Crippen molar-refractivity contribution in [3.8, 4) is 0 Å². The number of hydrogen-bond acceptors (Lipinski definition) is 4. The third-order valence-corrected chi connectivity index (χ3v) is 3.02. The average molecular weight is 248 g/mol. The number of hydrogen-bond donors (Lipinski definition) is 0. The molecule has 0 N–H and O–H groups in total. The van der Waals surface area contributed by atoms with E-state index in [2.05, 4.69) is 9.97 Å². The summed E-state index contributed by atoms with van der Waals surface area (Å²) < 4.78 is 12.9. The molecule has 0 radical (unpaired) electrons. The maximum absolute atomic E-state index is 12.9. The first kappa shape index (κ1) is 11.7. The predicted octanol–water partition coefficient (Wildman–Crippen LogP) is 2.72. The van der Waals surface area contributed by atoms with E-state index < -0.39 is 0 Å². The van der Waals surface area contributed by atoms with E-state index in [1.807, 2.05) is 6.07 Å². The van der Waals surface area contributed by atoms with Crippen LogP contribution in [0.3, 0.4) is 0 Å². The standard InChI is InChI=1S/C12H9FN2OS/c13-10-2-1-3-11(4-10)17-8-12-14-5-9(7-16)6-15-12/h1-7H,8H2. The van der Waals surface area contributed by atoms with Gasteiger partial charge in [0.1, 0.15) is 11.6 Å². The second-order valence-electron chi connectivity index (χ2n) is 3.30. The van der Waals surface area contributed by atoms with Gasteiger partial charge in [-0.2, -0.15) is 0 Å². The van der Waals surface area contributed by atoms with Crippen molar-refractivity contribution in [1.29, 1.82) is 0 Å².